The van der Waals surface area contributed by atoms with Crippen LogP contribution in [0.15, 0.2) is 36.4 Å². The molecule has 1 aromatic carbocycles. The zero-order chi connectivity index (χ0) is 11.3. The number of anilines is 1. The smallest absolute Gasteiger partial charge is 0.248 e. The van der Waals surface area contributed by atoms with Gasteiger partial charge in [0.1, 0.15) is 0 Å². The summed E-state index contributed by atoms with van der Waals surface area (Å²) in [5.74, 6) is -0.689. The number of benzene rings is 1. The highest BCUT2D eigenvalue weighted by atomic mass is 16.1. The predicted octanol–water partition coefficient (Wildman–Crippen LogP) is 1.30. The molecule has 2 amide bonds. The second-order valence-corrected chi connectivity index (χ2v) is 2.93. The average Bonchev–Trinajstić information content (AvgIpc) is 2.18. The van der Waals surface area contributed by atoms with Crippen LogP contribution in [0.3, 0.4) is 0 Å². The lowest BCUT2D eigenvalue weighted by Crippen LogP contribution is -2.11. The number of allylic oxidation sites excluding steroid dienone is 1. The Bertz CT molecular complexity index is 394. The van der Waals surface area contributed by atoms with E-state index in [1.54, 1.807) is 37.3 Å². The van der Waals surface area contributed by atoms with E-state index >= 15 is 0 Å². The number of rotatable bonds is 3. The molecule has 0 unspecified atom stereocenters. The van der Waals surface area contributed by atoms with Gasteiger partial charge in [-0.1, -0.05) is 6.08 Å². The fraction of sp³-hybridized carbons (Fsp3) is 0.0909. The molecule has 0 aliphatic heterocycles. The Hall–Kier alpha value is -2.10. The van der Waals surface area contributed by atoms with Crippen LogP contribution in [-0.2, 0) is 4.79 Å². The largest absolute Gasteiger partial charge is 0.366 e. The van der Waals surface area contributed by atoms with Crippen LogP contribution < -0.4 is 11.1 Å². The summed E-state index contributed by atoms with van der Waals surface area (Å²) in [4.78, 5) is 21.9. The topological polar surface area (TPSA) is 72.2 Å². The van der Waals surface area contributed by atoms with Crippen LogP contribution in [0.4, 0.5) is 5.69 Å². The van der Waals surface area contributed by atoms with E-state index in [0.717, 1.165) is 0 Å². The molecule has 0 aliphatic rings. The molecule has 0 saturated carbocycles. The Morgan fingerprint density at radius 3 is 2.33 bits per heavy atom. The Kier molecular flexibility index (Phi) is 3.62. The predicted molar refractivity (Wildman–Crippen MR) is 58.4 cm³/mol. The summed E-state index contributed by atoms with van der Waals surface area (Å²) in [5.41, 5.74) is 6.12. The highest BCUT2D eigenvalue weighted by Gasteiger charge is 2.00. The van der Waals surface area contributed by atoms with Gasteiger partial charge in [-0.25, -0.2) is 0 Å². The van der Waals surface area contributed by atoms with Crippen molar-refractivity contribution in [3.05, 3.63) is 42.0 Å². The number of carbonyl (C=O) groups excluding carboxylic acids is 2. The Morgan fingerprint density at radius 2 is 1.87 bits per heavy atom. The maximum Gasteiger partial charge on any atom is 0.248 e. The SMILES string of the molecule is CC=CC(=O)Nc1ccc(C(N)=O)cc1. The number of nitrogens with two attached hydrogens (primary N) is 1. The van der Waals surface area contributed by atoms with Crippen LogP contribution in [-0.4, -0.2) is 11.8 Å². The third-order valence-electron chi connectivity index (χ3n) is 1.75. The van der Waals surface area contributed by atoms with Crippen LogP contribution in [0, 0.1) is 0 Å². The van der Waals surface area contributed by atoms with Gasteiger partial charge in [-0.2, -0.15) is 0 Å². The Balaban J connectivity index is 2.72. The van der Waals surface area contributed by atoms with Gasteiger partial charge in [-0.3, -0.25) is 9.59 Å². The lowest BCUT2D eigenvalue weighted by molar-refractivity contribution is -0.111. The number of nitrogens with one attached hydrogen (secondary N) is 1. The molecule has 0 aromatic heterocycles. The molecule has 78 valence electrons. The van der Waals surface area contributed by atoms with Crippen LogP contribution in [0.2, 0.25) is 0 Å². The van der Waals surface area contributed by atoms with Gasteiger partial charge in [0.2, 0.25) is 11.8 Å². The second kappa shape index (κ2) is 4.95. The molecule has 4 heteroatoms. The normalized spacial score (nSPS) is 10.2. The summed E-state index contributed by atoms with van der Waals surface area (Å²) < 4.78 is 0. The monoisotopic (exact) mass is 204 g/mol. The number of primary amides is 1. The summed E-state index contributed by atoms with van der Waals surface area (Å²) in [6.45, 7) is 1.76. The summed E-state index contributed by atoms with van der Waals surface area (Å²) in [6.07, 6.45) is 3.06. The van der Waals surface area contributed by atoms with E-state index < -0.39 is 5.91 Å². The van der Waals surface area contributed by atoms with Gasteiger partial charge in [-0.15, -0.1) is 0 Å². The molecule has 0 saturated heterocycles. The Labute approximate surface area is 87.8 Å². The number of hydrogen-bond donors (Lipinski definition) is 2. The molecule has 0 radical (unpaired) electrons. The molecule has 15 heavy (non-hydrogen) atoms. The first-order valence-corrected chi connectivity index (χ1v) is 4.47. The van der Waals surface area contributed by atoms with Crippen LogP contribution >= 0.6 is 0 Å². The van der Waals surface area contributed by atoms with Gasteiger partial charge >= 0.3 is 0 Å². The molecule has 0 aliphatic carbocycles. The van der Waals surface area contributed by atoms with Crippen molar-refractivity contribution >= 4 is 17.5 Å². The molecule has 0 heterocycles. The van der Waals surface area contributed by atoms with Crippen molar-refractivity contribution < 1.29 is 9.59 Å². The highest BCUT2D eigenvalue weighted by Crippen LogP contribution is 2.08. The summed E-state index contributed by atoms with van der Waals surface area (Å²) >= 11 is 0. The Morgan fingerprint density at radius 1 is 1.27 bits per heavy atom. The van der Waals surface area contributed by atoms with Crippen LogP contribution in [0.5, 0.6) is 0 Å². The number of carbonyl (C=O) groups is 2. The van der Waals surface area contributed by atoms with E-state index in [-0.39, 0.29) is 5.91 Å². The van der Waals surface area contributed by atoms with Crippen LogP contribution in [0.1, 0.15) is 17.3 Å². The van der Waals surface area contributed by atoms with Crippen molar-refractivity contribution in [1.29, 1.82) is 0 Å². The first-order valence-electron chi connectivity index (χ1n) is 4.47. The lowest BCUT2D eigenvalue weighted by Gasteiger charge is -2.02. The fourth-order valence-corrected chi connectivity index (χ4v) is 1.05. The first-order chi connectivity index (χ1) is 7.13. The van der Waals surface area contributed by atoms with E-state index in [2.05, 4.69) is 5.32 Å². The van der Waals surface area contributed by atoms with Crippen molar-refractivity contribution in [3.63, 3.8) is 0 Å². The lowest BCUT2D eigenvalue weighted by atomic mass is 10.2. The molecule has 4 nitrogen and oxygen atoms in total. The third-order valence-corrected chi connectivity index (χ3v) is 1.75. The highest BCUT2D eigenvalue weighted by molar-refractivity contribution is 5.99. The maximum atomic E-state index is 11.1. The van der Waals surface area contributed by atoms with Gasteiger partial charge in [-0.05, 0) is 37.3 Å². The number of hydrogen-bond acceptors (Lipinski definition) is 2. The van der Waals surface area contributed by atoms with Crippen molar-refractivity contribution in [2.24, 2.45) is 5.73 Å². The van der Waals surface area contributed by atoms with Gasteiger partial charge in [0, 0.05) is 11.3 Å². The summed E-state index contributed by atoms with van der Waals surface area (Å²) in [6, 6.07) is 6.38. The third kappa shape index (κ3) is 3.27. The molecule has 0 bridgehead atoms. The van der Waals surface area contributed by atoms with E-state index in [0.29, 0.717) is 11.3 Å². The van der Waals surface area contributed by atoms with E-state index in [4.69, 9.17) is 5.73 Å². The molecule has 0 fully saturated rings. The van der Waals surface area contributed by atoms with Crippen molar-refractivity contribution in [2.75, 3.05) is 5.32 Å². The van der Waals surface area contributed by atoms with Gasteiger partial charge in [0.25, 0.3) is 0 Å². The molecule has 1 aromatic rings. The van der Waals surface area contributed by atoms with Crippen molar-refractivity contribution in [3.8, 4) is 0 Å². The van der Waals surface area contributed by atoms with Gasteiger partial charge in [0.05, 0.1) is 0 Å². The average molecular weight is 204 g/mol. The molecule has 3 N–H and O–H groups in total. The summed E-state index contributed by atoms with van der Waals surface area (Å²) in [5, 5.41) is 2.63. The second-order valence-electron chi connectivity index (χ2n) is 2.93. The number of amides is 2. The molecule has 0 atom stereocenters. The van der Waals surface area contributed by atoms with E-state index in [1.165, 1.54) is 6.08 Å². The minimum Gasteiger partial charge on any atom is -0.366 e. The molecule has 1 rings (SSSR count). The van der Waals surface area contributed by atoms with E-state index in [1.807, 2.05) is 0 Å². The zero-order valence-electron chi connectivity index (χ0n) is 8.36. The standard InChI is InChI=1S/C11H12N2O2/c1-2-3-10(14)13-9-6-4-8(5-7-9)11(12)15/h2-7H,1H3,(H2,12,15)(H,13,14). The maximum absolute atomic E-state index is 11.1. The van der Waals surface area contributed by atoms with Crippen LogP contribution in [0.25, 0.3) is 0 Å². The van der Waals surface area contributed by atoms with E-state index in [9.17, 15) is 9.59 Å². The zero-order valence-corrected chi connectivity index (χ0v) is 8.36. The molecular weight excluding hydrogens is 192 g/mol. The van der Waals surface area contributed by atoms with Crippen molar-refractivity contribution in [1.82, 2.24) is 0 Å². The van der Waals surface area contributed by atoms with Gasteiger partial charge in [0.15, 0.2) is 0 Å². The molecule has 0 spiro atoms. The minimum atomic E-state index is -0.485. The van der Waals surface area contributed by atoms with Gasteiger partial charge < -0.3 is 11.1 Å². The first kappa shape index (κ1) is 11.0. The quantitative estimate of drug-likeness (QED) is 0.728. The van der Waals surface area contributed by atoms with Crippen molar-refractivity contribution in [2.45, 2.75) is 6.92 Å². The molecular formula is C11H12N2O2. The fourth-order valence-electron chi connectivity index (χ4n) is 1.05. The minimum absolute atomic E-state index is 0.204. The summed E-state index contributed by atoms with van der Waals surface area (Å²) in [7, 11) is 0.